The summed E-state index contributed by atoms with van der Waals surface area (Å²) >= 11 is 0. The van der Waals surface area contributed by atoms with E-state index in [1.807, 2.05) is 11.4 Å². The molecule has 2 rings (SSSR count). The van der Waals surface area contributed by atoms with E-state index < -0.39 is 24.7 Å². The molecule has 1 N–H and O–H groups in total. The van der Waals surface area contributed by atoms with Crippen molar-refractivity contribution in [2.24, 2.45) is 0 Å². The van der Waals surface area contributed by atoms with Crippen LogP contribution >= 0.6 is 0 Å². The highest BCUT2D eigenvalue weighted by Gasteiger charge is 2.31. The SMILES string of the molecule is CC(C(=O)NCC(F)(F)F)N1CCN(C(=O)c2ccccc2)CC1. The number of hydrogen-bond donors (Lipinski definition) is 1. The highest BCUT2D eigenvalue weighted by Crippen LogP contribution is 2.14. The lowest BCUT2D eigenvalue weighted by molar-refractivity contribution is -0.141. The molecule has 0 bridgehead atoms. The standard InChI is InChI=1S/C16H20F3N3O2/c1-12(14(23)20-11-16(17,18)19)21-7-9-22(10-8-21)15(24)13-5-3-2-4-6-13/h2-6,12H,7-11H2,1H3,(H,20,23). The smallest absolute Gasteiger partial charge is 0.346 e. The first-order valence-corrected chi connectivity index (χ1v) is 7.71. The quantitative estimate of drug-likeness (QED) is 0.902. The number of benzene rings is 1. The summed E-state index contributed by atoms with van der Waals surface area (Å²) in [6.45, 7) is 2.00. The van der Waals surface area contributed by atoms with Crippen molar-refractivity contribution in [1.82, 2.24) is 15.1 Å². The summed E-state index contributed by atoms with van der Waals surface area (Å²) in [6.07, 6.45) is -4.42. The van der Waals surface area contributed by atoms with E-state index in [2.05, 4.69) is 0 Å². The highest BCUT2D eigenvalue weighted by atomic mass is 19.4. The number of carbonyl (C=O) groups excluding carboxylic acids is 2. The average Bonchev–Trinajstić information content (AvgIpc) is 2.58. The van der Waals surface area contributed by atoms with Crippen molar-refractivity contribution in [3.63, 3.8) is 0 Å². The van der Waals surface area contributed by atoms with Crippen molar-refractivity contribution in [3.05, 3.63) is 35.9 Å². The van der Waals surface area contributed by atoms with Gasteiger partial charge in [-0.1, -0.05) is 18.2 Å². The third-order valence-electron chi connectivity index (χ3n) is 4.01. The summed E-state index contributed by atoms with van der Waals surface area (Å²) in [4.78, 5) is 27.6. The molecule has 2 amide bonds. The first-order valence-electron chi connectivity index (χ1n) is 7.71. The molecular formula is C16H20F3N3O2. The summed E-state index contributed by atoms with van der Waals surface area (Å²) < 4.78 is 36.5. The molecule has 1 aromatic carbocycles. The third-order valence-corrected chi connectivity index (χ3v) is 4.01. The maximum absolute atomic E-state index is 12.3. The Bertz CT molecular complexity index is 570. The minimum atomic E-state index is -4.42. The molecule has 1 atom stereocenters. The molecule has 1 heterocycles. The Labute approximate surface area is 138 Å². The molecule has 1 saturated heterocycles. The summed E-state index contributed by atoms with van der Waals surface area (Å²) in [7, 11) is 0. The molecule has 0 aromatic heterocycles. The van der Waals surface area contributed by atoms with Crippen LogP contribution in [-0.4, -0.2) is 66.6 Å². The predicted octanol–water partition coefficient (Wildman–Crippen LogP) is 1.51. The van der Waals surface area contributed by atoms with Crippen molar-refractivity contribution in [2.75, 3.05) is 32.7 Å². The molecule has 0 spiro atoms. The van der Waals surface area contributed by atoms with Crippen LogP contribution in [-0.2, 0) is 4.79 Å². The van der Waals surface area contributed by atoms with Gasteiger partial charge in [-0.2, -0.15) is 13.2 Å². The van der Waals surface area contributed by atoms with Gasteiger partial charge in [0.15, 0.2) is 0 Å². The predicted molar refractivity (Wildman–Crippen MR) is 82.4 cm³/mol. The maximum atomic E-state index is 12.3. The van der Waals surface area contributed by atoms with Gasteiger partial charge in [0.05, 0.1) is 6.04 Å². The largest absolute Gasteiger partial charge is 0.405 e. The van der Waals surface area contributed by atoms with Crippen LogP contribution in [0.1, 0.15) is 17.3 Å². The third kappa shape index (κ3) is 4.95. The molecule has 0 radical (unpaired) electrons. The van der Waals surface area contributed by atoms with Gasteiger partial charge in [-0.25, -0.2) is 0 Å². The van der Waals surface area contributed by atoms with Gasteiger partial charge in [-0.05, 0) is 19.1 Å². The Kier molecular flexibility index (Phi) is 5.82. The number of piperazine rings is 1. The number of hydrogen-bond acceptors (Lipinski definition) is 3. The molecule has 1 unspecified atom stereocenters. The first kappa shape index (κ1) is 18.3. The molecule has 1 fully saturated rings. The fourth-order valence-electron chi connectivity index (χ4n) is 2.58. The number of nitrogens with one attached hydrogen (secondary N) is 1. The lowest BCUT2D eigenvalue weighted by atomic mass is 10.1. The van der Waals surface area contributed by atoms with E-state index in [1.165, 1.54) is 0 Å². The Morgan fingerprint density at radius 1 is 1.12 bits per heavy atom. The molecule has 1 aliphatic rings. The van der Waals surface area contributed by atoms with Crippen molar-refractivity contribution in [3.8, 4) is 0 Å². The van der Waals surface area contributed by atoms with E-state index in [-0.39, 0.29) is 5.91 Å². The van der Waals surface area contributed by atoms with Crippen LogP contribution in [0.4, 0.5) is 13.2 Å². The number of halogens is 3. The Balaban J connectivity index is 1.83. The second-order valence-electron chi connectivity index (χ2n) is 5.70. The van der Waals surface area contributed by atoms with E-state index in [1.54, 1.807) is 41.0 Å². The van der Waals surface area contributed by atoms with E-state index in [0.717, 1.165) is 0 Å². The zero-order valence-corrected chi connectivity index (χ0v) is 13.3. The van der Waals surface area contributed by atoms with Gasteiger partial charge < -0.3 is 10.2 Å². The van der Waals surface area contributed by atoms with Gasteiger partial charge in [0.25, 0.3) is 5.91 Å². The van der Waals surface area contributed by atoms with Gasteiger partial charge in [-0.15, -0.1) is 0 Å². The molecule has 1 aliphatic heterocycles. The molecule has 132 valence electrons. The van der Waals surface area contributed by atoms with Crippen LogP contribution in [0.25, 0.3) is 0 Å². The maximum Gasteiger partial charge on any atom is 0.405 e. The topological polar surface area (TPSA) is 52.7 Å². The monoisotopic (exact) mass is 343 g/mol. The van der Waals surface area contributed by atoms with Gasteiger partial charge in [0, 0.05) is 31.7 Å². The van der Waals surface area contributed by atoms with Gasteiger partial charge >= 0.3 is 6.18 Å². The van der Waals surface area contributed by atoms with Crippen LogP contribution in [0.3, 0.4) is 0 Å². The van der Waals surface area contributed by atoms with Crippen LogP contribution < -0.4 is 5.32 Å². The summed E-state index contributed by atoms with van der Waals surface area (Å²) in [5.74, 6) is -0.736. The zero-order chi connectivity index (χ0) is 17.7. The molecular weight excluding hydrogens is 323 g/mol. The Hall–Kier alpha value is -2.09. The van der Waals surface area contributed by atoms with Crippen LogP contribution in [0.2, 0.25) is 0 Å². The minimum absolute atomic E-state index is 0.0792. The van der Waals surface area contributed by atoms with Crippen LogP contribution in [0.5, 0.6) is 0 Å². The van der Waals surface area contributed by atoms with Crippen molar-refractivity contribution in [2.45, 2.75) is 19.1 Å². The molecule has 24 heavy (non-hydrogen) atoms. The van der Waals surface area contributed by atoms with E-state index >= 15 is 0 Å². The molecule has 1 aromatic rings. The fraction of sp³-hybridized carbons (Fsp3) is 0.500. The fourth-order valence-corrected chi connectivity index (χ4v) is 2.58. The van der Waals surface area contributed by atoms with E-state index in [4.69, 9.17) is 0 Å². The van der Waals surface area contributed by atoms with Gasteiger partial charge in [0.1, 0.15) is 6.54 Å². The molecule has 5 nitrogen and oxygen atoms in total. The van der Waals surface area contributed by atoms with Crippen LogP contribution in [0.15, 0.2) is 30.3 Å². The normalized spacial score (nSPS) is 17.4. The molecule has 0 saturated carbocycles. The number of alkyl halides is 3. The summed E-state index contributed by atoms with van der Waals surface area (Å²) in [5.41, 5.74) is 0.599. The molecule has 8 heteroatoms. The lowest BCUT2D eigenvalue weighted by Crippen LogP contribution is -2.55. The number of amides is 2. The Morgan fingerprint density at radius 2 is 1.71 bits per heavy atom. The zero-order valence-electron chi connectivity index (χ0n) is 13.3. The summed E-state index contributed by atoms with van der Waals surface area (Å²) in [6, 6.07) is 8.22. The lowest BCUT2D eigenvalue weighted by Gasteiger charge is -2.37. The minimum Gasteiger partial charge on any atom is -0.346 e. The van der Waals surface area contributed by atoms with Gasteiger partial charge in [-0.3, -0.25) is 14.5 Å². The van der Waals surface area contributed by atoms with Crippen molar-refractivity contribution < 1.29 is 22.8 Å². The average molecular weight is 343 g/mol. The number of carbonyl (C=O) groups is 2. The van der Waals surface area contributed by atoms with E-state index in [0.29, 0.717) is 31.7 Å². The molecule has 0 aliphatic carbocycles. The number of rotatable bonds is 4. The Morgan fingerprint density at radius 3 is 2.25 bits per heavy atom. The first-order chi connectivity index (χ1) is 11.3. The highest BCUT2D eigenvalue weighted by molar-refractivity contribution is 5.94. The van der Waals surface area contributed by atoms with E-state index in [9.17, 15) is 22.8 Å². The van der Waals surface area contributed by atoms with Crippen molar-refractivity contribution >= 4 is 11.8 Å². The summed E-state index contributed by atoms with van der Waals surface area (Å²) in [5, 5.41) is 1.89. The van der Waals surface area contributed by atoms with Gasteiger partial charge in [0.2, 0.25) is 5.91 Å². The van der Waals surface area contributed by atoms with Crippen LogP contribution in [0, 0.1) is 0 Å². The number of nitrogens with zero attached hydrogens (tertiary/aromatic N) is 2. The second-order valence-corrected chi connectivity index (χ2v) is 5.70. The van der Waals surface area contributed by atoms with Crippen molar-refractivity contribution in [1.29, 1.82) is 0 Å². The second kappa shape index (κ2) is 7.65.